The Morgan fingerprint density at radius 1 is 1.19 bits per heavy atom. The standard InChI is InChI=1S/C20H16F3N5O2S/c21-20(22,23)13-7-4-8-14(9-13)24-17(30)15-10-16(29)25-18-26-19(27-28(15)18)31-11-12-5-2-1-3-6-12/h1-9,15H,10-11H2,(H,24,30)(H,25,26,27,29). The molecule has 11 heteroatoms. The number of anilines is 2. The molecule has 0 saturated carbocycles. The summed E-state index contributed by atoms with van der Waals surface area (Å²) in [5.74, 6) is -0.362. The number of fused-ring (bicyclic) bond motifs is 1. The number of carbonyl (C=O) groups excluding carboxylic acids is 2. The van der Waals surface area contributed by atoms with Gasteiger partial charge in [-0.05, 0) is 23.8 Å². The molecule has 160 valence electrons. The highest BCUT2D eigenvalue weighted by molar-refractivity contribution is 7.98. The van der Waals surface area contributed by atoms with Crippen LogP contribution in [0.15, 0.2) is 59.8 Å². The minimum absolute atomic E-state index is 0.0221. The molecule has 1 atom stereocenters. The van der Waals surface area contributed by atoms with Crippen molar-refractivity contribution in [3.05, 3.63) is 65.7 Å². The van der Waals surface area contributed by atoms with Gasteiger partial charge in [-0.3, -0.25) is 14.9 Å². The lowest BCUT2D eigenvalue weighted by Crippen LogP contribution is -2.36. The van der Waals surface area contributed by atoms with Crippen molar-refractivity contribution in [3.8, 4) is 0 Å². The molecule has 1 aliphatic heterocycles. The Kier molecular flexibility index (Phi) is 5.68. The van der Waals surface area contributed by atoms with Crippen molar-refractivity contribution in [2.45, 2.75) is 29.5 Å². The van der Waals surface area contributed by atoms with Crippen LogP contribution in [0.5, 0.6) is 0 Å². The van der Waals surface area contributed by atoms with E-state index in [0.717, 1.165) is 17.7 Å². The Morgan fingerprint density at radius 3 is 2.71 bits per heavy atom. The van der Waals surface area contributed by atoms with E-state index in [2.05, 4.69) is 20.7 Å². The highest BCUT2D eigenvalue weighted by Gasteiger charge is 2.34. The fourth-order valence-corrected chi connectivity index (χ4v) is 3.81. The van der Waals surface area contributed by atoms with Crippen LogP contribution in [0.2, 0.25) is 0 Å². The normalized spacial score (nSPS) is 15.8. The number of benzene rings is 2. The van der Waals surface area contributed by atoms with Gasteiger partial charge in [0, 0.05) is 11.4 Å². The van der Waals surface area contributed by atoms with Crippen molar-refractivity contribution >= 4 is 35.2 Å². The molecule has 3 aromatic rings. The Morgan fingerprint density at radius 2 is 1.97 bits per heavy atom. The van der Waals surface area contributed by atoms with Crippen LogP contribution in [0.3, 0.4) is 0 Å². The van der Waals surface area contributed by atoms with Gasteiger partial charge in [0.15, 0.2) is 0 Å². The summed E-state index contributed by atoms with van der Waals surface area (Å²) in [5.41, 5.74) is 0.155. The van der Waals surface area contributed by atoms with Gasteiger partial charge < -0.3 is 5.32 Å². The topological polar surface area (TPSA) is 88.9 Å². The second-order valence-electron chi connectivity index (χ2n) is 6.77. The molecule has 2 aromatic carbocycles. The van der Waals surface area contributed by atoms with Gasteiger partial charge in [-0.1, -0.05) is 48.2 Å². The Labute approximate surface area is 179 Å². The quantitative estimate of drug-likeness (QED) is 0.575. The smallest absolute Gasteiger partial charge is 0.324 e. The minimum Gasteiger partial charge on any atom is -0.324 e. The number of nitrogens with one attached hydrogen (secondary N) is 2. The van der Waals surface area contributed by atoms with Crippen molar-refractivity contribution in [1.29, 1.82) is 0 Å². The molecular weight excluding hydrogens is 431 g/mol. The number of amides is 2. The summed E-state index contributed by atoms with van der Waals surface area (Å²) in [6.07, 6.45) is -4.74. The predicted molar refractivity (Wildman–Crippen MR) is 108 cm³/mol. The highest BCUT2D eigenvalue weighted by Crippen LogP contribution is 2.32. The van der Waals surface area contributed by atoms with Crippen LogP contribution in [-0.2, 0) is 21.5 Å². The molecule has 0 spiro atoms. The third-order valence-electron chi connectivity index (χ3n) is 4.51. The molecule has 1 aromatic heterocycles. The van der Waals surface area contributed by atoms with E-state index >= 15 is 0 Å². The summed E-state index contributed by atoms with van der Waals surface area (Å²) in [6, 6.07) is 12.9. The average molecular weight is 447 g/mol. The molecule has 2 N–H and O–H groups in total. The maximum absolute atomic E-state index is 12.9. The molecule has 0 radical (unpaired) electrons. The summed E-state index contributed by atoms with van der Waals surface area (Å²) in [6.45, 7) is 0. The number of rotatable bonds is 5. The molecule has 1 aliphatic rings. The van der Waals surface area contributed by atoms with Crippen LogP contribution in [0, 0.1) is 0 Å². The first-order valence-corrected chi connectivity index (χ1v) is 10.2. The van der Waals surface area contributed by atoms with Crippen LogP contribution in [-0.4, -0.2) is 26.6 Å². The van der Waals surface area contributed by atoms with E-state index in [0.29, 0.717) is 10.9 Å². The Hall–Kier alpha value is -3.34. The molecule has 2 heterocycles. The first-order valence-electron chi connectivity index (χ1n) is 9.21. The van der Waals surface area contributed by atoms with E-state index in [1.807, 2.05) is 30.3 Å². The lowest BCUT2D eigenvalue weighted by molar-refractivity contribution is -0.137. The van der Waals surface area contributed by atoms with Crippen LogP contribution >= 0.6 is 11.8 Å². The van der Waals surface area contributed by atoms with Gasteiger partial charge >= 0.3 is 6.18 Å². The van der Waals surface area contributed by atoms with Crippen molar-refractivity contribution in [1.82, 2.24) is 14.8 Å². The maximum Gasteiger partial charge on any atom is 0.416 e. The van der Waals surface area contributed by atoms with Gasteiger partial charge in [-0.25, -0.2) is 4.68 Å². The van der Waals surface area contributed by atoms with Gasteiger partial charge in [0.1, 0.15) is 6.04 Å². The SMILES string of the molecule is O=C1CC(C(=O)Nc2cccc(C(F)(F)F)c2)n2nc(SCc3ccccc3)nc2N1. The number of hydrogen-bond acceptors (Lipinski definition) is 5. The first-order chi connectivity index (χ1) is 14.8. The second-order valence-corrected chi connectivity index (χ2v) is 7.72. The number of hydrogen-bond donors (Lipinski definition) is 2. The van der Waals surface area contributed by atoms with Crippen molar-refractivity contribution < 1.29 is 22.8 Å². The van der Waals surface area contributed by atoms with Gasteiger partial charge in [-0.15, -0.1) is 5.10 Å². The molecule has 0 fully saturated rings. The summed E-state index contributed by atoms with van der Waals surface area (Å²) < 4.78 is 40.0. The number of aromatic nitrogens is 3. The van der Waals surface area contributed by atoms with Gasteiger partial charge in [0.25, 0.3) is 0 Å². The Bertz CT molecular complexity index is 1120. The van der Waals surface area contributed by atoms with Gasteiger partial charge in [0.2, 0.25) is 22.9 Å². The third kappa shape index (κ3) is 4.88. The summed E-state index contributed by atoms with van der Waals surface area (Å²) in [7, 11) is 0. The van der Waals surface area contributed by atoms with Crippen LogP contribution < -0.4 is 10.6 Å². The molecule has 1 unspecified atom stereocenters. The fourth-order valence-electron chi connectivity index (χ4n) is 3.03. The van der Waals surface area contributed by atoms with Gasteiger partial charge in [-0.2, -0.15) is 18.2 Å². The van der Waals surface area contributed by atoms with E-state index < -0.39 is 29.6 Å². The highest BCUT2D eigenvalue weighted by atomic mass is 32.2. The molecule has 2 amide bonds. The molecule has 0 saturated heterocycles. The van der Waals surface area contributed by atoms with E-state index in [4.69, 9.17) is 0 Å². The molecule has 4 rings (SSSR count). The van der Waals surface area contributed by atoms with Crippen LogP contribution in [0.25, 0.3) is 0 Å². The van der Waals surface area contributed by atoms with E-state index in [-0.39, 0.29) is 18.1 Å². The number of nitrogens with zero attached hydrogens (tertiary/aromatic N) is 3. The monoisotopic (exact) mass is 447 g/mol. The minimum atomic E-state index is -4.53. The summed E-state index contributed by atoms with van der Waals surface area (Å²) >= 11 is 1.34. The first kappa shape index (κ1) is 20.9. The number of carbonyl (C=O) groups is 2. The third-order valence-corrected chi connectivity index (χ3v) is 5.42. The largest absolute Gasteiger partial charge is 0.416 e. The molecule has 0 bridgehead atoms. The van der Waals surface area contributed by atoms with E-state index in [1.165, 1.54) is 28.6 Å². The van der Waals surface area contributed by atoms with E-state index in [1.54, 1.807) is 0 Å². The molecule has 7 nitrogen and oxygen atoms in total. The average Bonchev–Trinajstić information content (AvgIpc) is 3.14. The number of halogens is 3. The fraction of sp³-hybridized carbons (Fsp3) is 0.200. The van der Waals surface area contributed by atoms with E-state index in [9.17, 15) is 22.8 Å². The van der Waals surface area contributed by atoms with Crippen LogP contribution in [0.4, 0.5) is 24.8 Å². The Balaban J connectivity index is 1.51. The predicted octanol–water partition coefficient (Wildman–Crippen LogP) is 4.11. The summed E-state index contributed by atoms with van der Waals surface area (Å²) in [4.78, 5) is 29.1. The summed E-state index contributed by atoms with van der Waals surface area (Å²) in [5, 5.41) is 9.69. The zero-order chi connectivity index (χ0) is 22.0. The van der Waals surface area contributed by atoms with Crippen LogP contribution in [0.1, 0.15) is 23.6 Å². The maximum atomic E-state index is 12.9. The lowest BCUT2D eigenvalue weighted by atomic mass is 10.1. The van der Waals surface area contributed by atoms with Crippen molar-refractivity contribution in [2.75, 3.05) is 10.6 Å². The van der Waals surface area contributed by atoms with Gasteiger partial charge in [0.05, 0.1) is 12.0 Å². The molecule has 31 heavy (non-hydrogen) atoms. The lowest BCUT2D eigenvalue weighted by Gasteiger charge is -2.22. The van der Waals surface area contributed by atoms with Crippen molar-refractivity contribution in [2.24, 2.45) is 0 Å². The number of thioether (sulfide) groups is 1. The second kappa shape index (κ2) is 8.42. The molecule has 0 aliphatic carbocycles. The van der Waals surface area contributed by atoms with Crippen molar-refractivity contribution in [3.63, 3.8) is 0 Å². The number of alkyl halides is 3. The zero-order valence-corrected chi connectivity index (χ0v) is 16.7. The molecular formula is C20H16F3N5O2S. The zero-order valence-electron chi connectivity index (χ0n) is 15.9.